The number of fused-ring (bicyclic) bond motifs is 2. The Hall–Kier alpha value is -0.630. The van der Waals surface area contributed by atoms with Gasteiger partial charge in [-0.2, -0.15) is 0 Å². The van der Waals surface area contributed by atoms with Crippen LogP contribution in [0.2, 0.25) is 0 Å². The molecule has 0 aromatic carbocycles. The summed E-state index contributed by atoms with van der Waals surface area (Å²) in [5.74, 6) is 1.29. The zero-order valence-electron chi connectivity index (χ0n) is 11.6. The van der Waals surface area contributed by atoms with Crippen molar-refractivity contribution in [1.29, 1.82) is 0 Å². The van der Waals surface area contributed by atoms with Gasteiger partial charge >= 0.3 is 0 Å². The van der Waals surface area contributed by atoms with Crippen LogP contribution in [0.4, 0.5) is 0 Å². The Bertz CT molecular complexity index is 285. The van der Waals surface area contributed by atoms with E-state index in [1.165, 1.54) is 38.5 Å². The van der Waals surface area contributed by atoms with E-state index < -0.39 is 0 Å². The number of Topliss-reactive ketones (excluding diaryl/α,β-unsaturated/α-hetero) is 1. The first-order chi connectivity index (χ1) is 8.84. The average Bonchev–Trinajstić information content (AvgIpc) is 2.36. The van der Waals surface area contributed by atoms with Crippen molar-refractivity contribution in [2.75, 3.05) is 19.6 Å². The molecule has 102 valence electrons. The van der Waals surface area contributed by atoms with Crippen LogP contribution in [0.3, 0.4) is 0 Å². The lowest BCUT2D eigenvalue weighted by Crippen LogP contribution is -2.38. The molecule has 2 nitrogen and oxygen atoms in total. The zero-order chi connectivity index (χ0) is 12.6. The quantitative estimate of drug-likeness (QED) is 0.612. The van der Waals surface area contributed by atoms with Crippen molar-refractivity contribution in [3.8, 4) is 0 Å². The average molecular weight is 249 g/mol. The number of carbonyl (C=O) groups is 1. The first-order valence-corrected chi connectivity index (χ1v) is 7.73. The maximum Gasteiger partial charge on any atom is 0.146 e. The second kappa shape index (κ2) is 7.73. The fourth-order valence-corrected chi connectivity index (χ4v) is 3.20. The van der Waals surface area contributed by atoms with Crippen molar-refractivity contribution in [3.63, 3.8) is 0 Å². The summed E-state index contributed by atoms with van der Waals surface area (Å²) < 4.78 is 0. The molecule has 0 aromatic heterocycles. The normalized spacial score (nSPS) is 33.7. The summed E-state index contributed by atoms with van der Waals surface area (Å²) in [7, 11) is 0. The fourth-order valence-electron chi connectivity index (χ4n) is 3.20. The monoisotopic (exact) mass is 249 g/mol. The highest BCUT2D eigenvalue weighted by Gasteiger charge is 2.20. The molecule has 2 heterocycles. The van der Waals surface area contributed by atoms with E-state index in [9.17, 15) is 4.79 Å². The molecule has 0 aliphatic carbocycles. The lowest BCUT2D eigenvalue weighted by molar-refractivity contribution is -0.120. The van der Waals surface area contributed by atoms with E-state index in [-0.39, 0.29) is 0 Å². The van der Waals surface area contributed by atoms with Crippen molar-refractivity contribution >= 4 is 5.78 Å². The van der Waals surface area contributed by atoms with Crippen LogP contribution in [-0.2, 0) is 4.79 Å². The largest absolute Gasteiger partial charge is 0.298 e. The topological polar surface area (TPSA) is 20.3 Å². The van der Waals surface area contributed by atoms with Gasteiger partial charge < -0.3 is 0 Å². The first-order valence-electron chi connectivity index (χ1n) is 7.73. The molecule has 18 heavy (non-hydrogen) atoms. The Balaban J connectivity index is 1.87. The molecular weight excluding hydrogens is 222 g/mol. The van der Waals surface area contributed by atoms with E-state index in [0.29, 0.717) is 12.3 Å². The molecule has 0 aromatic rings. The molecular formula is C16H27NO. The third-order valence-electron chi connectivity index (χ3n) is 4.23. The molecule has 2 heteroatoms. The van der Waals surface area contributed by atoms with Crippen LogP contribution in [0.1, 0.15) is 57.8 Å². The van der Waals surface area contributed by atoms with Crippen LogP contribution in [-0.4, -0.2) is 30.3 Å². The summed E-state index contributed by atoms with van der Waals surface area (Å²) in [6.45, 7) is 3.02. The van der Waals surface area contributed by atoms with Gasteiger partial charge in [0.25, 0.3) is 0 Å². The van der Waals surface area contributed by atoms with E-state index in [1.54, 1.807) is 0 Å². The van der Waals surface area contributed by atoms with Crippen LogP contribution < -0.4 is 0 Å². The Morgan fingerprint density at radius 3 is 2.67 bits per heavy atom. The molecule has 0 amide bonds. The Labute approximate surface area is 111 Å². The van der Waals surface area contributed by atoms with Crippen LogP contribution in [0.15, 0.2) is 12.2 Å². The predicted octanol–water partition coefficient (Wildman–Crippen LogP) is 3.57. The van der Waals surface area contributed by atoms with Gasteiger partial charge in [0, 0.05) is 13.0 Å². The highest BCUT2D eigenvalue weighted by molar-refractivity contribution is 5.80. The summed E-state index contributed by atoms with van der Waals surface area (Å²) in [5, 5.41) is 0. The van der Waals surface area contributed by atoms with Gasteiger partial charge in [-0.05, 0) is 63.8 Å². The molecule has 2 aliphatic heterocycles. The predicted molar refractivity (Wildman–Crippen MR) is 75.6 cm³/mol. The maximum absolute atomic E-state index is 11.9. The number of carbonyl (C=O) groups excluding carboxylic acids is 1. The molecule has 1 fully saturated rings. The van der Waals surface area contributed by atoms with Crippen LogP contribution in [0.5, 0.6) is 0 Å². The third kappa shape index (κ3) is 4.93. The van der Waals surface area contributed by atoms with Crippen molar-refractivity contribution in [1.82, 2.24) is 4.90 Å². The molecule has 2 bridgehead atoms. The number of nitrogens with zero attached hydrogens (tertiary/aromatic N) is 1. The second-order valence-corrected chi connectivity index (χ2v) is 5.93. The molecule has 2 unspecified atom stereocenters. The highest BCUT2D eigenvalue weighted by Crippen LogP contribution is 2.22. The van der Waals surface area contributed by atoms with Gasteiger partial charge in [0.2, 0.25) is 0 Å². The van der Waals surface area contributed by atoms with Crippen molar-refractivity contribution in [2.45, 2.75) is 57.8 Å². The van der Waals surface area contributed by atoms with Crippen LogP contribution in [0, 0.1) is 5.92 Å². The Kier molecular flexibility index (Phi) is 5.92. The fraction of sp³-hybridized carbons (Fsp3) is 0.812. The number of allylic oxidation sites excluding steroid dienone is 2. The standard InChI is InChI=1S/C16H27NO/c18-16-11-7-5-3-1-2-4-6-9-15-10-8-12-17(13-15)14-16/h1-2,15H,3-14H2/b2-1-. The summed E-state index contributed by atoms with van der Waals surface area (Å²) >= 11 is 0. The minimum Gasteiger partial charge on any atom is -0.298 e. The summed E-state index contributed by atoms with van der Waals surface area (Å²) in [5.41, 5.74) is 0. The second-order valence-electron chi connectivity index (χ2n) is 5.93. The SMILES string of the molecule is O=C1CCCC/C=C\CCCC2CCCN(C1)C2. The highest BCUT2D eigenvalue weighted by atomic mass is 16.1. The van der Waals surface area contributed by atoms with Crippen molar-refractivity contribution in [2.24, 2.45) is 5.92 Å². The Morgan fingerprint density at radius 1 is 1.00 bits per heavy atom. The Morgan fingerprint density at radius 2 is 1.78 bits per heavy atom. The van der Waals surface area contributed by atoms with E-state index in [4.69, 9.17) is 0 Å². The van der Waals surface area contributed by atoms with Crippen LogP contribution >= 0.6 is 0 Å². The third-order valence-corrected chi connectivity index (χ3v) is 4.23. The maximum atomic E-state index is 11.9. The number of hydrogen-bond acceptors (Lipinski definition) is 2. The van der Waals surface area contributed by atoms with E-state index in [2.05, 4.69) is 17.1 Å². The number of rotatable bonds is 0. The lowest BCUT2D eigenvalue weighted by Gasteiger charge is -2.32. The molecule has 2 aliphatic rings. The first kappa shape index (κ1) is 13.8. The summed E-state index contributed by atoms with van der Waals surface area (Å²) in [4.78, 5) is 14.3. The molecule has 0 N–H and O–H groups in total. The summed E-state index contributed by atoms with van der Waals surface area (Å²) in [6, 6.07) is 0. The van der Waals surface area contributed by atoms with Crippen molar-refractivity contribution in [3.05, 3.63) is 12.2 Å². The van der Waals surface area contributed by atoms with Gasteiger partial charge in [0.1, 0.15) is 5.78 Å². The van der Waals surface area contributed by atoms with E-state index >= 15 is 0 Å². The number of hydrogen-bond donors (Lipinski definition) is 0. The molecule has 1 saturated heterocycles. The van der Waals surface area contributed by atoms with E-state index in [0.717, 1.165) is 38.3 Å². The van der Waals surface area contributed by atoms with Gasteiger partial charge in [-0.3, -0.25) is 9.69 Å². The van der Waals surface area contributed by atoms with E-state index in [1.807, 2.05) is 0 Å². The molecule has 0 saturated carbocycles. The zero-order valence-corrected chi connectivity index (χ0v) is 11.6. The molecule has 2 atom stereocenters. The number of piperidine rings is 1. The minimum absolute atomic E-state index is 0.455. The van der Waals surface area contributed by atoms with Gasteiger partial charge in [-0.25, -0.2) is 0 Å². The smallest absolute Gasteiger partial charge is 0.146 e. The van der Waals surface area contributed by atoms with Gasteiger partial charge in [0.15, 0.2) is 0 Å². The molecule has 2 rings (SSSR count). The summed E-state index contributed by atoms with van der Waals surface area (Å²) in [6.07, 6.45) is 15.4. The van der Waals surface area contributed by atoms with Crippen molar-refractivity contribution < 1.29 is 4.79 Å². The number of ketones is 1. The van der Waals surface area contributed by atoms with Gasteiger partial charge in [-0.1, -0.05) is 12.2 Å². The van der Waals surface area contributed by atoms with Gasteiger partial charge in [0.05, 0.1) is 6.54 Å². The molecule has 0 spiro atoms. The minimum atomic E-state index is 0.455. The molecule has 0 radical (unpaired) electrons. The van der Waals surface area contributed by atoms with Gasteiger partial charge in [-0.15, -0.1) is 0 Å². The lowest BCUT2D eigenvalue weighted by atomic mass is 9.92. The van der Waals surface area contributed by atoms with Crippen LogP contribution in [0.25, 0.3) is 0 Å².